The summed E-state index contributed by atoms with van der Waals surface area (Å²) < 4.78 is 5.23. The minimum absolute atomic E-state index is 0.309. The highest BCUT2D eigenvalue weighted by atomic mass is 35.5. The molecule has 0 radical (unpaired) electrons. The summed E-state index contributed by atoms with van der Waals surface area (Å²) in [5, 5.41) is 3.18. The van der Waals surface area contributed by atoms with Gasteiger partial charge in [0, 0.05) is 5.02 Å². The van der Waals surface area contributed by atoms with Crippen LogP contribution in [0.1, 0.15) is 23.7 Å². The maximum Gasteiger partial charge on any atom is 0.300 e. The van der Waals surface area contributed by atoms with E-state index >= 15 is 0 Å². The average Bonchev–Trinajstić information content (AvgIpc) is 2.88. The third-order valence-electron chi connectivity index (χ3n) is 4.24. The van der Waals surface area contributed by atoms with Crippen LogP contribution in [0.2, 0.25) is 5.02 Å². The highest BCUT2D eigenvalue weighted by Crippen LogP contribution is 2.33. The van der Waals surface area contributed by atoms with Gasteiger partial charge in [-0.05, 0) is 36.8 Å². The Morgan fingerprint density at radius 1 is 1.23 bits per heavy atom. The standard InChI is InChI=1S/C19H17ClN2O4/c1-3-14(18(24)21-13-10-11(20)8-9-16(13)26-2)22-15-7-5-4-6-12(15)17(23)19(22)25/h4-10,14H,3H2,1-2H3,(H,21,24). The molecular formula is C19H17ClN2O4. The Hall–Kier alpha value is -2.86. The van der Waals surface area contributed by atoms with Gasteiger partial charge in [-0.1, -0.05) is 30.7 Å². The number of nitrogens with one attached hydrogen (secondary N) is 1. The summed E-state index contributed by atoms with van der Waals surface area (Å²) in [6.45, 7) is 1.78. The molecule has 0 spiro atoms. The summed E-state index contributed by atoms with van der Waals surface area (Å²) in [6, 6.07) is 10.7. The van der Waals surface area contributed by atoms with Crippen molar-refractivity contribution in [3.63, 3.8) is 0 Å². The smallest absolute Gasteiger partial charge is 0.300 e. The van der Waals surface area contributed by atoms with Crippen molar-refractivity contribution >= 4 is 40.6 Å². The number of benzene rings is 2. The molecule has 2 aromatic rings. The number of hydrogen-bond acceptors (Lipinski definition) is 4. The predicted molar refractivity (Wildman–Crippen MR) is 99.0 cm³/mol. The molecule has 26 heavy (non-hydrogen) atoms. The number of halogens is 1. The van der Waals surface area contributed by atoms with E-state index in [1.807, 2.05) is 0 Å². The second-order valence-electron chi connectivity index (χ2n) is 5.78. The molecule has 1 heterocycles. The zero-order valence-electron chi connectivity index (χ0n) is 14.3. The summed E-state index contributed by atoms with van der Waals surface area (Å²) in [4.78, 5) is 38.8. The number of rotatable bonds is 5. The molecule has 3 rings (SSSR count). The van der Waals surface area contributed by atoms with Crippen molar-refractivity contribution in [2.24, 2.45) is 0 Å². The SMILES string of the molecule is CCC(C(=O)Nc1cc(Cl)ccc1OC)N1C(=O)C(=O)c2ccccc21. The Bertz CT molecular complexity index is 897. The molecular weight excluding hydrogens is 356 g/mol. The Balaban J connectivity index is 1.92. The van der Waals surface area contributed by atoms with E-state index in [9.17, 15) is 14.4 Å². The first-order chi connectivity index (χ1) is 12.5. The van der Waals surface area contributed by atoms with Crippen LogP contribution >= 0.6 is 11.6 Å². The van der Waals surface area contributed by atoms with Crippen LogP contribution in [-0.2, 0) is 9.59 Å². The lowest BCUT2D eigenvalue weighted by atomic mass is 10.1. The number of para-hydroxylation sites is 1. The van der Waals surface area contributed by atoms with Gasteiger partial charge in [0.1, 0.15) is 11.8 Å². The second-order valence-corrected chi connectivity index (χ2v) is 6.22. The fraction of sp³-hybridized carbons (Fsp3) is 0.211. The van der Waals surface area contributed by atoms with Crippen LogP contribution in [0.3, 0.4) is 0 Å². The van der Waals surface area contributed by atoms with E-state index in [-0.39, 0.29) is 0 Å². The third kappa shape index (κ3) is 3.04. The number of carbonyl (C=O) groups is 3. The van der Waals surface area contributed by atoms with Crippen LogP contribution in [-0.4, -0.2) is 30.7 Å². The molecule has 0 fully saturated rings. The number of hydrogen-bond donors (Lipinski definition) is 1. The van der Waals surface area contributed by atoms with E-state index < -0.39 is 23.6 Å². The number of amides is 2. The molecule has 1 aliphatic rings. The van der Waals surface area contributed by atoms with Crippen LogP contribution in [0.15, 0.2) is 42.5 Å². The van der Waals surface area contributed by atoms with E-state index in [4.69, 9.17) is 16.3 Å². The molecule has 0 aliphatic carbocycles. The molecule has 0 saturated heterocycles. The normalized spacial score (nSPS) is 14.2. The predicted octanol–water partition coefficient (Wildman–Crippen LogP) is 3.30. The minimum Gasteiger partial charge on any atom is -0.495 e. The molecule has 2 amide bonds. The highest BCUT2D eigenvalue weighted by Gasteiger charge is 2.41. The Kier molecular flexibility index (Phi) is 4.95. The van der Waals surface area contributed by atoms with E-state index in [1.54, 1.807) is 49.4 Å². The van der Waals surface area contributed by atoms with Crippen LogP contribution in [0.4, 0.5) is 11.4 Å². The molecule has 0 bridgehead atoms. The van der Waals surface area contributed by atoms with Gasteiger partial charge in [0.25, 0.3) is 11.7 Å². The van der Waals surface area contributed by atoms with Gasteiger partial charge >= 0.3 is 0 Å². The first-order valence-corrected chi connectivity index (χ1v) is 8.47. The first-order valence-electron chi connectivity index (χ1n) is 8.09. The number of ketones is 1. The summed E-state index contributed by atoms with van der Waals surface area (Å²) in [5.41, 5.74) is 1.15. The molecule has 2 aromatic carbocycles. The van der Waals surface area contributed by atoms with Crippen LogP contribution in [0.5, 0.6) is 5.75 Å². The molecule has 1 aliphatic heterocycles. The van der Waals surface area contributed by atoms with Crippen molar-refractivity contribution in [3.05, 3.63) is 53.1 Å². The Morgan fingerprint density at radius 3 is 2.65 bits per heavy atom. The monoisotopic (exact) mass is 372 g/mol. The molecule has 6 nitrogen and oxygen atoms in total. The number of ether oxygens (including phenoxy) is 1. The number of fused-ring (bicyclic) bond motifs is 1. The zero-order valence-corrected chi connectivity index (χ0v) is 15.0. The van der Waals surface area contributed by atoms with Crippen LogP contribution < -0.4 is 15.0 Å². The fourth-order valence-corrected chi connectivity index (χ4v) is 3.17. The van der Waals surface area contributed by atoms with E-state index in [0.29, 0.717) is 34.1 Å². The van der Waals surface area contributed by atoms with Crippen molar-refractivity contribution in [2.75, 3.05) is 17.3 Å². The molecule has 134 valence electrons. The van der Waals surface area contributed by atoms with Crippen LogP contribution in [0.25, 0.3) is 0 Å². The van der Waals surface area contributed by atoms with Gasteiger partial charge in [-0.25, -0.2) is 0 Å². The molecule has 0 aromatic heterocycles. The molecule has 1 N–H and O–H groups in total. The molecule has 0 saturated carbocycles. The summed E-state index contributed by atoms with van der Waals surface area (Å²) >= 11 is 5.99. The van der Waals surface area contributed by atoms with Gasteiger partial charge in [0.15, 0.2) is 0 Å². The van der Waals surface area contributed by atoms with E-state index in [2.05, 4.69) is 5.32 Å². The van der Waals surface area contributed by atoms with Crippen molar-refractivity contribution in [2.45, 2.75) is 19.4 Å². The first kappa shape index (κ1) is 17.9. The largest absolute Gasteiger partial charge is 0.495 e. The lowest BCUT2D eigenvalue weighted by Crippen LogP contribution is -2.46. The number of Topliss-reactive ketones (excluding diaryl/α,β-unsaturated/α-hetero) is 1. The number of anilines is 2. The highest BCUT2D eigenvalue weighted by molar-refractivity contribution is 6.52. The number of nitrogens with zero attached hydrogens (tertiary/aromatic N) is 1. The van der Waals surface area contributed by atoms with E-state index in [1.165, 1.54) is 12.0 Å². The lowest BCUT2D eigenvalue weighted by molar-refractivity contribution is -0.121. The van der Waals surface area contributed by atoms with Gasteiger partial charge in [0.05, 0.1) is 24.0 Å². The van der Waals surface area contributed by atoms with Crippen molar-refractivity contribution in [3.8, 4) is 5.75 Å². The van der Waals surface area contributed by atoms with Crippen LogP contribution in [0, 0.1) is 0 Å². The fourth-order valence-electron chi connectivity index (χ4n) is 3.00. The van der Waals surface area contributed by atoms with Crippen molar-refractivity contribution < 1.29 is 19.1 Å². The van der Waals surface area contributed by atoms with Gasteiger partial charge in [-0.15, -0.1) is 0 Å². The Morgan fingerprint density at radius 2 is 1.96 bits per heavy atom. The summed E-state index contributed by atoms with van der Waals surface area (Å²) in [7, 11) is 1.48. The molecule has 7 heteroatoms. The number of carbonyl (C=O) groups excluding carboxylic acids is 3. The third-order valence-corrected chi connectivity index (χ3v) is 4.48. The minimum atomic E-state index is -0.834. The van der Waals surface area contributed by atoms with Crippen molar-refractivity contribution in [1.82, 2.24) is 0 Å². The average molecular weight is 373 g/mol. The molecule has 1 atom stereocenters. The van der Waals surface area contributed by atoms with Crippen molar-refractivity contribution in [1.29, 1.82) is 0 Å². The topological polar surface area (TPSA) is 75.7 Å². The van der Waals surface area contributed by atoms with Gasteiger partial charge < -0.3 is 10.1 Å². The summed E-state index contributed by atoms with van der Waals surface area (Å²) in [5.74, 6) is -1.29. The molecule has 1 unspecified atom stereocenters. The number of methoxy groups -OCH3 is 1. The summed E-state index contributed by atoms with van der Waals surface area (Å²) in [6.07, 6.45) is 0.335. The van der Waals surface area contributed by atoms with Gasteiger partial charge in [-0.3, -0.25) is 19.3 Å². The quantitative estimate of drug-likeness (QED) is 0.817. The Labute approximate surface area is 155 Å². The second kappa shape index (κ2) is 7.17. The van der Waals surface area contributed by atoms with Gasteiger partial charge in [0.2, 0.25) is 5.91 Å². The maximum absolute atomic E-state index is 12.9. The maximum atomic E-state index is 12.9. The van der Waals surface area contributed by atoms with Gasteiger partial charge in [-0.2, -0.15) is 0 Å². The van der Waals surface area contributed by atoms with E-state index in [0.717, 1.165) is 0 Å². The lowest BCUT2D eigenvalue weighted by Gasteiger charge is -2.26. The zero-order chi connectivity index (χ0) is 18.8.